The van der Waals surface area contributed by atoms with Crippen LogP contribution in [0, 0.1) is 10.1 Å². The molecule has 0 amide bonds. The average Bonchev–Trinajstić information content (AvgIpc) is 2.77. The van der Waals surface area contributed by atoms with Gasteiger partial charge in [-0.1, -0.05) is 0 Å². The Kier molecular flexibility index (Phi) is 2.61. The number of nitro benzene ring substituents is 1. The lowest BCUT2D eigenvalue weighted by molar-refractivity contribution is -0.384. The molecule has 0 spiro atoms. The number of rotatable bonds is 3. The van der Waals surface area contributed by atoms with Gasteiger partial charge in [-0.2, -0.15) is 5.10 Å². The van der Waals surface area contributed by atoms with Gasteiger partial charge in [-0.05, 0) is 12.1 Å². The van der Waals surface area contributed by atoms with Gasteiger partial charge in [0, 0.05) is 12.1 Å². The second kappa shape index (κ2) is 4.07. The van der Waals surface area contributed by atoms with Crippen molar-refractivity contribution in [3.63, 3.8) is 0 Å². The second-order valence-corrected chi connectivity index (χ2v) is 3.07. The van der Waals surface area contributed by atoms with Crippen molar-refractivity contribution >= 4 is 5.69 Å². The molecule has 0 aliphatic rings. The highest BCUT2D eigenvalue weighted by atomic mass is 16.6. The summed E-state index contributed by atoms with van der Waals surface area (Å²) < 4.78 is 1.55. The first-order chi connectivity index (χ1) is 7.72. The monoisotopic (exact) mass is 219 g/mol. The predicted octanol–water partition coefficient (Wildman–Crippen LogP) is 0.634. The van der Waals surface area contributed by atoms with Gasteiger partial charge in [0.25, 0.3) is 5.69 Å². The van der Waals surface area contributed by atoms with Crippen LogP contribution in [0.2, 0.25) is 0 Å². The van der Waals surface area contributed by atoms with Crippen LogP contribution in [0.1, 0.15) is 5.82 Å². The second-order valence-electron chi connectivity index (χ2n) is 3.07. The molecule has 82 valence electrons. The Hall–Kier alpha value is -2.28. The summed E-state index contributed by atoms with van der Waals surface area (Å²) in [6, 6.07) is 6.03. The zero-order valence-corrected chi connectivity index (χ0v) is 8.28. The zero-order chi connectivity index (χ0) is 11.5. The van der Waals surface area contributed by atoms with Gasteiger partial charge in [0.05, 0.1) is 17.2 Å². The van der Waals surface area contributed by atoms with Crippen molar-refractivity contribution in [3.05, 3.63) is 46.5 Å². The molecule has 0 aliphatic carbocycles. The number of hydrogen-bond donors (Lipinski definition) is 1. The molecule has 0 bridgehead atoms. The maximum absolute atomic E-state index is 10.5. The van der Waals surface area contributed by atoms with Crippen LogP contribution in [0.4, 0.5) is 5.69 Å². The van der Waals surface area contributed by atoms with Crippen molar-refractivity contribution in [2.45, 2.75) is 6.54 Å². The van der Waals surface area contributed by atoms with Gasteiger partial charge < -0.3 is 5.73 Å². The third-order valence-electron chi connectivity index (χ3n) is 2.11. The van der Waals surface area contributed by atoms with Crippen molar-refractivity contribution in [3.8, 4) is 5.69 Å². The van der Waals surface area contributed by atoms with Crippen molar-refractivity contribution in [1.29, 1.82) is 0 Å². The van der Waals surface area contributed by atoms with Crippen LogP contribution < -0.4 is 5.73 Å². The first-order valence-electron chi connectivity index (χ1n) is 4.56. The number of nitrogens with two attached hydrogens (primary N) is 1. The smallest absolute Gasteiger partial charge is 0.269 e. The Labute approximate surface area is 90.7 Å². The predicted molar refractivity (Wildman–Crippen MR) is 55.9 cm³/mol. The standard InChI is InChI=1S/C9H9N5O2/c10-5-9-11-6-12-13(9)7-1-3-8(4-2-7)14(15)16/h1-4,6H,5,10H2. The Morgan fingerprint density at radius 1 is 1.38 bits per heavy atom. The molecule has 0 aliphatic heterocycles. The minimum Gasteiger partial charge on any atom is -0.324 e. The topological polar surface area (TPSA) is 99.9 Å². The molecule has 16 heavy (non-hydrogen) atoms. The Morgan fingerprint density at radius 3 is 2.62 bits per heavy atom. The average molecular weight is 219 g/mol. The maximum atomic E-state index is 10.5. The Bertz CT molecular complexity index is 505. The van der Waals surface area contributed by atoms with Crippen LogP contribution in [-0.2, 0) is 6.54 Å². The molecule has 2 rings (SSSR count). The molecular formula is C9H9N5O2. The highest BCUT2D eigenvalue weighted by Gasteiger charge is 2.07. The quantitative estimate of drug-likeness (QED) is 0.602. The summed E-state index contributed by atoms with van der Waals surface area (Å²) in [7, 11) is 0. The van der Waals surface area contributed by atoms with E-state index in [-0.39, 0.29) is 12.2 Å². The van der Waals surface area contributed by atoms with Crippen molar-refractivity contribution in [2.75, 3.05) is 0 Å². The lowest BCUT2D eigenvalue weighted by atomic mass is 10.3. The largest absolute Gasteiger partial charge is 0.324 e. The fraction of sp³-hybridized carbons (Fsp3) is 0.111. The summed E-state index contributed by atoms with van der Waals surface area (Å²) in [6.45, 7) is 0.261. The lowest BCUT2D eigenvalue weighted by Crippen LogP contribution is -2.07. The van der Waals surface area contributed by atoms with E-state index in [0.29, 0.717) is 11.5 Å². The molecule has 0 saturated carbocycles. The fourth-order valence-corrected chi connectivity index (χ4v) is 1.34. The normalized spacial score (nSPS) is 10.3. The van der Waals surface area contributed by atoms with Crippen LogP contribution in [0.3, 0.4) is 0 Å². The molecule has 0 saturated heterocycles. The van der Waals surface area contributed by atoms with E-state index >= 15 is 0 Å². The van der Waals surface area contributed by atoms with Gasteiger partial charge in [0.15, 0.2) is 0 Å². The molecule has 2 N–H and O–H groups in total. The van der Waals surface area contributed by atoms with Crippen LogP contribution in [0.25, 0.3) is 5.69 Å². The SMILES string of the molecule is NCc1ncnn1-c1ccc([N+](=O)[O-])cc1. The first kappa shape index (κ1) is 10.2. The highest BCUT2D eigenvalue weighted by molar-refractivity contribution is 5.40. The van der Waals surface area contributed by atoms with Gasteiger partial charge in [0.2, 0.25) is 0 Å². The molecule has 0 radical (unpaired) electrons. The van der Waals surface area contributed by atoms with Crippen molar-refractivity contribution in [1.82, 2.24) is 14.8 Å². The number of benzene rings is 1. The number of non-ortho nitro benzene ring substituents is 1. The van der Waals surface area contributed by atoms with E-state index in [0.717, 1.165) is 0 Å². The van der Waals surface area contributed by atoms with Crippen LogP contribution in [0.15, 0.2) is 30.6 Å². The molecule has 0 atom stereocenters. The summed E-state index contributed by atoms with van der Waals surface area (Å²) in [5.74, 6) is 0.605. The van der Waals surface area contributed by atoms with Gasteiger partial charge in [-0.25, -0.2) is 9.67 Å². The summed E-state index contributed by atoms with van der Waals surface area (Å²) in [5, 5.41) is 14.5. The summed E-state index contributed by atoms with van der Waals surface area (Å²) in [5.41, 5.74) is 6.22. The van der Waals surface area contributed by atoms with Gasteiger partial charge >= 0.3 is 0 Å². The van der Waals surface area contributed by atoms with E-state index in [2.05, 4.69) is 10.1 Å². The zero-order valence-electron chi connectivity index (χ0n) is 8.28. The number of nitrogens with zero attached hydrogens (tertiary/aromatic N) is 4. The molecule has 1 aromatic heterocycles. The highest BCUT2D eigenvalue weighted by Crippen LogP contribution is 2.15. The van der Waals surface area contributed by atoms with Crippen LogP contribution in [-0.4, -0.2) is 19.7 Å². The molecule has 2 aromatic rings. The molecule has 7 nitrogen and oxygen atoms in total. The van der Waals surface area contributed by atoms with Crippen molar-refractivity contribution < 1.29 is 4.92 Å². The summed E-state index contributed by atoms with van der Waals surface area (Å²) >= 11 is 0. The first-order valence-corrected chi connectivity index (χ1v) is 4.56. The maximum Gasteiger partial charge on any atom is 0.269 e. The third kappa shape index (κ3) is 1.75. The molecular weight excluding hydrogens is 210 g/mol. The van der Waals surface area contributed by atoms with E-state index in [1.165, 1.54) is 18.5 Å². The molecule has 1 heterocycles. The number of aromatic nitrogens is 3. The molecule has 7 heteroatoms. The van der Waals surface area contributed by atoms with E-state index in [1.807, 2.05) is 0 Å². The molecule has 0 unspecified atom stereocenters. The number of nitro groups is 1. The molecule has 1 aromatic carbocycles. The van der Waals surface area contributed by atoms with Gasteiger partial charge in [-0.3, -0.25) is 10.1 Å². The van der Waals surface area contributed by atoms with Crippen LogP contribution in [0.5, 0.6) is 0 Å². The summed E-state index contributed by atoms with van der Waals surface area (Å²) in [6.07, 6.45) is 1.39. The minimum atomic E-state index is -0.449. The van der Waals surface area contributed by atoms with Gasteiger partial charge in [-0.15, -0.1) is 0 Å². The minimum absolute atomic E-state index is 0.0400. The fourth-order valence-electron chi connectivity index (χ4n) is 1.34. The Morgan fingerprint density at radius 2 is 2.06 bits per heavy atom. The lowest BCUT2D eigenvalue weighted by Gasteiger charge is -2.03. The van der Waals surface area contributed by atoms with Crippen LogP contribution >= 0.6 is 0 Å². The van der Waals surface area contributed by atoms with E-state index in [9.17, 15) is 10.1 Å². The number of hydrogen-bond acceptors (Lipinski definition) is 5. The van der Waals surface area contributed by atoms with Gasteiger partial charge in [0.1, 0.15) is 12.2 Å². The van der Waals surface area contributed by atoms with E-state index < -0.39 is 4.92 Å². The molecule has 0 fully saturated rings. The summed E-state index contributed by atoms with van der Waals surface area (Å²) in [4.78, 5) is 14.0. The van der Waals surface area contributed by atoms with Crippen molar-refractivity contribution in [2.24, 2.45) is 5.73 Å². The van der Waals surface area contributed by atoms with E-state index in [4.69, 9.17) is 5.73 Å². The third-order valence-corrected chi connectivity index (χ3v) is 2.11. The Balaban J connectivity index is 2.38. The van der Waals surface area contributed by atoms with E-state index in [1.54, 1.807) is 16.8 Å².